The molecule has 0 aliphatic heterocycles. The third-order valence-corrected chi connectivity index (χ3v) is 4.62. The van der Waals surface area contributed by atoms with E-state index in [1.807, 2.05) is 26.0 Å². The molecule has 1 unspecified atom stereocenters. The van der Waals surface area contributed by atoms with Gasteiger partial charge in [0.2, 0.25) is 0 Å². The van der Waals surface area contributed by atoms with Crippen LogP contribution in [-0.4, -0.2) is 31.3 Å². The summed E-state index contributed by atoms with van der Waals surface area (Å²) in [5, 5.41) is 10.8. The van der Waals surface area contributed by atoms with E-state index in [9.17, 15) is 0 Å². The van der Waals surface area contributed by atoms with Gasteiger partial charge in [0.25, 0.3) is 0 Å². The van der Waals surface area contributed by atoms with Crippen LogP contribution in [0.25, 0.3) is 0 Å². The molecule has 1 aromatic heterocycles. The Labute approximate surface area is 168 Å². The minimum Gasteiger partial charge on any atom is -0.493 e. The van der Waals surface area contributed by atoms with Crippen LogP contribution in [0.2, 0.25) is 0 Å². The van der Waals surface area contributed by atoms with Gasteiger partial charge in [0.1, 0.15) is 11.5 Å². The SMILES string of the molecule is CN=C(NCCCc1c(C)noc1C)NC(C)c1ccc(OCC(C)C)cc1. The topological polar surface area (TPSA) is 71.7 Å². The van der Waals surface area contributed by atoms with Crippen molar-refractivity contribution in [3.05, 3.63) is 46.8 Å². The van der Waals surface area contributed by atoms with E-state index in [1.165, 1.54) is 11.1 Å². The van der Waals surface area contributed by atoms with Crippen LogP contribution < -0.4 is 15.4 Å². The molecule has 0 saturated carbocycles. The quantitative estimate of drug-likeness (QED) is 0.384. The van der Waals surface area contributed by atoms with Crippen LogP contribution in [0.15, 0.2) is 33.8 Å². The second-order valence-electron chi connectivity index (χ2n) is 7.55. The number of hydrogen-bond donors (Lipinski definition) is 2. The van der Waals surface area contributed by atoms with Gasteiger partial charge >= 0.3 is 0 Å². The average Bonchev–Trinajstić information content (AvgIpc) is 3.00. The number of hydrogen-bond acceptors (Lipinski definition) is 4. The summed E-state index contributed by atoms with van der Waals surface area (Å²) in [4.78, 5) is 4.33. The summed E-state index contributed by atoms with van der Waals surface area (Å²) in [6.45, 7) is 11.9. The Morgan fingerprint density at radius 1 is 1.18 bits per heavy atom. The smallest absolute Gasteiger partial charge is 0.191 e. The molecule has 0 radical (unpaired) electrons. The van der Waals surface area contributed by atoms with Crippen LogP contribution in [0.5, 0.6) is 5.75 Å². The van der Waals surface area contributed by atoms with Crippen molar-refractivity contribution < 1.29 is 9.26 Å². The molecule has 0 amide bonds. The first-order valence-corrected chi connectivity index (χ1v) is 10.0. The van der Waals surface area contributed by atoms with Crippen molar-refractivity contribution in [3.8, 4) is 5.75 Å². The van der Waals surface area contributed by atoms with Gasteiger partial charge in [-0.15, -0.1) is 0 Å². The molecule has 1 atom stereocenters. The van der Waals surface area contributed by atoms with Gasteiger partial charge in [0.05, 0.1) is 18.3 Å². The first-order valence-electron chi connectivity index (χ1n) is 10.0. The molecule has 2 rings (SSSR count). The number of aliphatic imine (C=N–C) groups is 1. The summed E-state index contributed by atoms with van der Waals surface area (Å²) in [5.74, 6) is 3.14. The van der Waals surface area contributed by atoms with Gasteiger partial charge in [0.15, 0.2) is 5.96 Å². The molecule has 0 saturated heterocycles. The molecular weight excluding hydrogens is 352 g/mol. The maximum absolute atomic E-state index is 5.75. The zero-order valence-electron chi connectivity index (χ0n) is 18.0. The molecule has 0 bridgehead atoms. The number of guanidine groups is 1. The second-order valence-corrected chi connectivity index (χ2v) is 7.55. The molecule has 6 nitrogen and oxygen atoms in total. The average molecular weight is 387 g/mol. The molecule has 154 valence electrons. The highest BCUT2D eigenvalue weighted by Crippen LogP contribution is 2.18. The largest absolute Gasteiger partial charge is 0.493 e. The lowest BCUT2D eigenvalue weighted by atomic mass is 10.1. The molecule has 1 heterocycles. The highest BCUT2D eigenvalue weighted by molar-refractivity contribution is 5.80. The van der Waals surface area contributed by atoms with Crippen molar-refractivity contribution in [2.75, 3.05) is 20.2 Å². The number of nitrogens with one attached hydrogen (secondary N) is 2. The van der Waals surface area contributed by atoms with Crippen LogP contribution in [0.4, 0.5) is 0 Å². The Balaban J connectivity index is 1.78. The van der Waals surface area contributed by atoms with Gasteiger partial charge in [-0.1, -0.05) is 31.1 Å². The minimum atomic E-state index is 0.146. The van der Waals surface area contributed by atoms with E-state index in [4.69, 9.17) is 9.26 Å². The van der Waals surface area contributed by atoms with Crippen molar-refractivity contribution in [2.45, 2.75) is 53.5 Å². The summed E-state index contributed by atoms with van der Waals surface area (Å²) in [6.07, 6.45) is 1.93. The monoisotopic (exact) mass is 386 g/mol. The number of benzene rings is 1. The lowest BCUT2D eigenvalue weighted by Gasteiger charge is -2.19. The van der Waals surface area contributed by atoms with Crippen molar-refractivity contribution >= 4 is 5.96 Å². The second kappa shape index (κ2) is 10.7. The first-order chi connectivity index (χ1) is 13.4. The van der Waals surface area contributed by atoms with Crippen molar-refractivity contribution in [2.24, 2.45) is 10.9 Å². The van der Waals surface area contributed by atoms with E-state index in [-0.39, 0.29) is 6.04 Å². The van der Waals surface area contributed by atoms with Gasteiger partial charge in [-0.25, -0.2) is 0 Å². The van der Waals surface area contributed by atoms with Gasteiger partial charge in [-0.05, 0) is 57.2 Å². The van der Waals surface area contributed by atoms with Gasteiger partial charge in [0, 0.05) is 19.2 Å². The molecule has 0 spiro atoms. The van der Waals surface area contributed by atoms with E-state index in [2.05, 4.69) is 53.7 Å². The fourth-order valence-corrected chi connectivity index (χ4v) is 2.93. The summed E-state index contributed by atoms with van der Waals surface area (Å²) in [6, 6.07) is 8.38. The molecule has 0 aliphatic carbocycles. The lowest BCUT2D eigenvalue weighted by molar-refractivity contribution is 0.271. The van der Waals surface area contributed by atoms with E-state index < -0.39 is 0 Å². The van der Waals surface area contributed by atoms with Crippen molar-refractivity contribution in [1.82, 2.24) is 15.8 Å². The zero-order valence-corrected chi connectivity index (χ0v) is 18.0. The molecule has 6 heteroatoms. The number of nitrogens with zero attached hydrogens (tertiary/aromatic N) is 2. The number of rotatable bonds is 9. The first kappa shape index (κ1) is 21.8. The van der Waals surface area contributed by atoms with Crippen LogP contribution in [0.3, 0.4) is 0 Å². The highest BCUT2D eigenvalue weighted by Gasteiger charge is 2.10. The Morgan fingerprint density at radius 2 is 1.89 bits per heavy atom. The summed E-state index contributed by atoms with van der Waals surface area (Å²) >= 11 is 0. The number of aryl methyl sites for hydroxylation is 2. The summed E-state index contributed by atoms with van der Waals surface area (Å²) in [7, 11) is 1.79. The van der Waals surface area contributed by atoms with Crippen LogP contribution >= 0.6 is 0 Å². The normalized spacial score (nSPS) is 12.9. The minimum absolute atomic E-state index is 0.146. The Bertz CT molecular complexity index is 731. The third kappa shape index (κ3) is 6.59. The van der Waals surface area contributed by atoms with E-state index in [1.54, 1.807) is 7.05 Å². The Kier molecular flexibility index (Phi) is 8.36. The zero-order chi connectivity index (χ0) is 20.5. The number of aromatic nitrogens is 1. The van der Waals surface area contributed by atoms with Crippen molar-refractivity contribution in [3.63, 3.8) is 0 Å². The molecule has 1 aromatic carbocycles. The van der Waals surface area contributed by atoms with Crippen molar-refractivity contribution in [1.29, 1.82) is 0 Å². The van der Waals surface area contributed by atoms with Crippen LogP contribution in [0, 0.1) is 19.8 Å². The molecular formula is C22H34N4O2. The third-order valence-electron chi connectivity index (χ3n) is 4.62. The maximum Gasteiger partial charge on any atom is 0.191 e. The Morgan fingerprint density at radius 3 is 2.46 bits per heavy atom. The summed E-state index contributed by atoms with van der Waals surface area (Å²) < 4.78 is 11.0. The predicted molar refractivity (Wildman–Crippen MR) is 114 cm³/mol. The molecule has 0 fully saturated rings. The van der Waals surface area contributed by atoms with E-state index in [0.29, 0.717) is 5.92 Å². The molecule has 2 N–H and O–H groups in total. The molecule has 0 aliphatic rings. The Hall–Kier alpha value is -2.50. The van der Waals surface area contributed by atoms with Gasteiger partial charge in [-0.2, -0.15) is 0 Å². The lowest BCUT2D eigenvalue weighted by Crippen LogP contribution is -2.39. The standard InChI is InChI=1S/C22H34N4O2/c1-15(2)14-27-20-11-9-19(10-12-20)16(3)25-22(23-6)24-13-7-8-21-17(4)26-28-18(21)5/h9-12,15-16H,7-8,13-14H2,1-6H3,(H2,23,24,25). The van der Waals surface area contributed by atoms with E-state index in [0.717, 1.165) is 49.2 Å². The number of ether oxygens (including phenoxy) is 1. The predicted octanol–water partition coefficient (Wildman–Crippen LogP) is 4.19. The summed E-state index contributed by atoms with van der Waals surface area (Å²) in [5.41, 5.74) is 3.38. The fraction of sp³-hybridized carbons (Fsp3) is 0.545. The molecule has 2 aromatic rings. The maximum atomic E-state index is 5.75. The van der Waals surface area contributed by atoms with Crippen LogP contribution in [0.1, 0.15) is 55.8 Å². The van der Waals surface area contributed by atoms with Crippen LogP contribution in [-0.2, 0) is 6.42 Å². The van der Waals surface area contributed by atoms with E-state index >= 15 is 0 Å². The molecule has 28 heavy (non-hydrogen) atoms. The fourth-order valence-electron chi connectivity index (χ4n) is 2.93. The van der Waals surface area contributed by atoms with Gasteiger partial charge in [-0.3, -0.25) is 4.99 Å². The van der Waals surface area contributed by atoms with Gasteiger partial charge < -0.3 is 19.9 Å². The highest BCUT2D eigenvalue weighted by atomic mass is 16.5.